The zero-order chi connectivity index (χ0) is 18.4. The number of amides is 3. The molecule has 2 unspecified atom stereocenters. The van der Waals surface area contributed by atoms with Crippen molar-refractivity contribution < 1.29 is 19.5 Å². The van der Waals surface area contributed by atoms with Crippen molar-refractivity contribution in [1.29, 1.82) is 0 Å². The highest BCUT2D eigenvalue weighted by molar-refractivity contribution is 6.04. The van der Waals surface area contributed by atoms with Gasteiger partial charge in [-0.05, 0) is 12.8 Å². The molecule has 3 amide bonds. The average Bonchev–Trinajstić information content (AvgIpc) is 2.92. The van der Waals surface area contributed by atoms with Gasteiger partial charge in [-0.15, -0.1) is 0 Å². The van der Waals surface area contributed by atoms with Gasteiger partial charge in [0.2, 0.25) is 0 Å². The Labute approximate surface area is 148 Å². The molecule has 0 spiro atoms. The Balaban J connectivity index is 2.22. The fraction of sp³-hybridized carbons (Fsp3) is 0.765. The van der Waals surface area contributed by atoms with E-state index in [1.54, 1.807) is 4.90 Å². The summed E-state index contributed by atoms with van der Waals surface area (Å²) in [5.41, 5.74) is 0. The molecule has 1 fully saturated rings. The van der Waals surface area contributed by atoms with Crippen LogP contribution in [0.3, 0.4) is 0 Å². The molecular formula is C17H28N4O4. The van der Waals surface area contributed by atoms with E-state index in [9.17, 15) is 14.4 Å². The first kappa shape index (κ1) is 19.2. The highest BCUT2D eigenvalue weighted by atomic mass is 16.4. The van der Waals surface area contributed by atoms with E-state index in [4.69, 9.17) is 5.11 Å². The summed E-state index contributed by atoms with van der Waals surface area (Å²) in [4.78, 5) is 43.7. The molecule has 0 aromatic carbocycles. The second kappa shape index (κ2) is 8.82. The van der Waals surface area contributed by atoms with Gasteiger partial charge in [-0.3, -0.25) is 19.8 Å². The van der Waals surface area contributed by atoms with Gasteiger partial charge in [0.1, 0.15) is 5.84 Å². The number of aliphatic imine (C=N–C) groups is 1. The third-order valence-corrected chi connectivity index (χ3v) is 4.63. The number of rotatable bonds is 10. The van der Waals surface area contributed by atoms with Gasteiger partial charge in [0.25, 0.3) is 5.91 Å². The van der Waals surface area contributed by atoms with Crippen molar-refractivity contribution in [3.05, 3.63) is 0 Å². The molecule has 2 atom stereocenters. The maximum Gasteiger partial charge on any atom is 0.325 e. The molecule has 0 radical (unpaired) electrons. The van der Waals surface area contributed by atoms with Gasteiger partial charge in [-0.2, -0.15) is 0 Å². The Morgan fingerprint density at radius 2 is 1.80 bits per heavy atom. The molecule has 2 N–H and O–H groups in total. The number of nitrogens with one attached hydrogen (secondary N) is 1. The summed E-state index contributed by atoms with van der Waals surface area (Å²) in [6.07, 6.45) is 4.45. The predicted octanol–water partition coefficient (Wildman–Crippen LogP) is 1.80. The topological polar surface area (TPSA) is 102 Å². The summed E-state index contributed by atoms with van der Waals surface area (Å²) in [6, 6.07) is -0.952. The first-order valence-corrected chi connectivity index (χ1v) is 9.16. The van der Waals surface area contributed by atoms with Crippen LogP contribution in [0.5, 0.6) is 0 Å². The highest BCUT2D eigenvalue weighted by Crippen LogP contribution is 2.27. The summed E-state index contributed by atoms with van der Waals surface area (Å²) in [7, 11) is 0. The standard InChI is InChI=1S/C17H28N4O4/c1-3-5-7-11-20-12(8-9-13(22)23)18-15-14(20)16(24)19-17(25)21(15)10-6-4-2/h14-15H,3-11H2,1-2H3,(H,22,23)(H,19,24,25). The lowest BCUT2D eigenvalue weighted by atomic mass is 10.1. The lowest BCUT2D eigenvalue weighted by Gasteiger charge is -2.38. The summed E-state index contributed by atoms with van der Waals surface area (Å²) in [5, 5.41) is 11.4. The number of fused-ring (bicyclic) bond motifs is 1. The molecule has 2 aliphatic heterocycles. The molecule has 0 bridgehead atoms. The molecule has 2 heterocycles. The molecular weight excluding hydrogens is 324 g/mol. The third-order valence-electron chi connectivity index (χ3n) is 4.63. The maximum absolute atomic E-state index is 12.4. The number of unbranched alkanes of at least 4 members (excludes halogenated alkanes) is 3. The van der Waals surface area contributed by atoms with Crippen molar-refractivity contribution in [1.82, 2.24) is 15.1 Å². The van der Waals surface area contributed by atoms with Crippen LogP contribution >= 0.6 is 0 Å². The minimum atomic E-state index is -0.894. The van der Waals surface area contributed by atoms with E-state index >= 15 is 0 Å². The Morgan fingerprint density at radius 1 is 1.12 bits per heavy atom. The smallest absolute Gasteiger partial charge is 0.325 e. The van der Waals surface area contributed by atoms with E-state index in [0.717, 1.165) is 32.1 Å². The van der Waals surface area contributed by atoms with Crippen LogP contribution in [-0.2, 0) is 9.59 Å². The van der Waals surface area contributed by atoms with E-state index in [1.807, 2.05) is 11.8 Å². The number of carboxylic acids is 1. The number of carbonyl (C=O) groups is 3. The number of carbonyl (C=O) groups excluding carboxylic acids is 2. The molecule has 8 heteroatoms. The Hall–Kier alpha value is -2.12. The number of hydrogen-bond donors (Lipinski definition) is 2. The fourth-order valence-electron chi connectivity index (χ4n) is 3.30. The summed E-state index contributed by atoms with van der Waals surface area (Å²) >= 11 is 0. The highest BCUT2D eigenvalue weighted by Gasteiger charge is 2.48. The van der Waals surface area contributed by atoms with Crippen LogP contribution < -0.4 is 5.32 Å². The molecule has 0 aromatic rings. The van der Waals surface area contributed by atoms with Crippen molar-refractivity contribution in [3.63, 3.8) is 0 Å². The second-order valence-corrected chi connectivity index (χ2v) is 6.54. The number of carboxylic acid groups (broad SMARTS) is 1. The summed E-state index contributed by atoms with van der Waals surface area (Å²) in [6.45, 7) is 5.33. The van der Waals surface area contributed by atoms with Gasteiger partial charge in [0, 0.05) is 19.5 Å². The van der Waals surface area contributed by atoms with Crippen molar-refractivity contribution in [2.24, 2.45) is 4.99 Å². The fourth-order valence-corrected chi connectivity index (χ4v) is 3.30. The SMILES string of the molecule is CCCCCN1C(CCC(=O)O)=NC2C1C(=O)NC(=O)N2CCCC. The number of urea groups is 1. The van der Waals surface area contributed by atoms with Crippen LogP contribution in [0.15, 0.2) is 4.99 Å². The summed E-state index contributed by atoms with van der Waals surface area (Å²) in [5.74, 6) is -0.609. The van der Waals surface area contributed by atoms with Crippen LogP contribution in [0.1, 0.15) is 58.8 Å². The monoisotopic (exact) mass is 352 g/mol. The maximum atomic E-state index is 12.4. The molecule has 0 aliphatic carbocycles. The van der Waals surface area contributed by atoms with E-state index in [0.29, 0.717) is 18.9 Å². The predicted molar refractivity (Wildman–Crippen MR) is 93.3 cm³/mol. The van der Waals surface area contributed by atoms with Crippen LogP contribution in [0.2, 0.25) is 0 Å². The van der Waals surface area contributed by atoms with Crippen molar-refractivity contribution in [2.45, 2.75) is 71.0 Å². The number of imide groups is 1. The quantitative estimate of drug-likeness (QED) is 0.584. The van der Waals surface area contributed by atoms with Crippen LogP contribution in [-0.4, -0.2) is 63.9 Å². The second-order valence-electron chi connectivity index (χ2n) is 6.54. The van der Waals surface area contributed by atoms with Gasteiger partial charge >= 0.3 is 12.0 Å². The lowest BCUT2D eigenvalue weighted by molar-refractivity contribution is -0.136. The van der Waals surface area contributed by atoms with Crippen molar-refractivity contribution in [2.75, 3.05) is 13.1 Å². The largest absolute Gasteiger partial charge is 0.481 e. The van der Waals surface area contributed by atoms with E-state index in [2.05, 4.69) is 17.2 Å². The van der Waals surface area contributed by atoms with Crippen molar-refractivity contribution >= 4 is 23.7 Å². The van der Waals surface area contributed by atoms with Gasteiger partial charge in [0.05, 0.1) is 6.42 Å². The van der Waals surface area contributed by atoms with Gasteiger partial charge in [0.15, 0.2) is 12.2 Å². The molecule has 1 saturated heterocycles. The Bertz CT molecular complexity index is 549. The molecule has 0 saturated carbocycles. The van der Waals surface area contributed by atoms with Gasteiger partial charge in [-0.1, -0.05) is 33.1 Å². The normalized spacial score (nSPS) is 22.7. The molecule has 2 aliphatic rings. The Kier molecular flexibility index (Phi) is 6.78. The van der Waals surface area contributed by atoms with Crippen LogP contribution in [0.4, 0.5) is 4.79 Å². The first-order chi connectivity index (χ1) is 12.0. The van der Waals surface area contributed by atoms with Crippen LogP contribution in [0.25, 0.3) is 0 Å². The molecule has 25 heavy (non-hydrogen) atoms. The average molecular weight is 352 g/mol. The number of hydrogen-bond acceptors (Lipinski definition) is 5. The Morgan fingerprint density at radius 3 is 2.44 bits per heavy atom. The lowest BCUT2D eigenvalue weighted by Crippen LogP contribution is -2.65. The molecule has 140 valence electrons. The van der Waals surface area contributed by atoms with Gasteiger partial charge < -0.3 is 10.0 Å². The van der Waals surface area contributed by atoms with Gasteiger partial charge in [-0.25, -0.2) is 9.79 Å². The molecule has 0 aromatic heterocycles. The third kappa shape index (κ3) is 4.49. The number of aliphatic carboxylic acids is 1. The van der Waals surface area contributed by atoms with E-state index in [-0.39, 0.29) is 18.7 Å². The minimum absolute atomic E-state index is 0.0346. The number of amidine groups is 1. The first-order valence-electron chi connectivity index (χ1n) is 9.16. The molecule has 2 rings (SSSR count). The summed E-state index contributed by atoms with van der Waals surface area (Å²) < 4.78 is 0. The zero-order valence-corrected chi connectivity index (χ0v) is 15.0. The molecule has 8 nitrogen and oxygen atoms in total. The minimum Gasteiger partial charge on any atom is -0.481 e. The zero-order valence-electron chi connectivity index (χ0n) is 15.0. The van der Waals surface area contributed by atoms with Crippen molar-refractivity contribution in [3.8, 4) is 0 Å². The number of nitrogens with zero attached hydrogens (tertiary/aromatic N) is 3. The van der Waals surface area contributed by atoms with E-state index < -0.39 is 24.2 Å². The van der Waals surface area contributed by atoms with Crippen LogP contribution in [0, 0.1) is 0 Å². The van der Waals surface area contributed by atoms with E-state index in [1.165, 1.54) is 0 Å².